The molecule has 2 nitrogen and oxygen atoms in total. The summed E-state index contributed by atoms with van der Waals surface area (Å²) < 4.78 is 0. The standard InChI is InChI=1S/C22H28N2/c1-13(2)16-11-17(14(3)4)21(18(12-16)15(5)6)22-23-19-9-7-8-10-20(19)24-22/h7-15H,1-6H3,(H,23,24). The Kier molecular flexibility index (Phi) is 4.49. The molecule has 1 aromatic heterocycles. The molecule has 1 N–H and O–H groups in total. The number of fused-ring (bicyclic) bond motifs is 1. The van der Waals surface area contributed by atoms with Crippen molar-refractivity contribution in [2.75, 3.05) is 0 Å². The molecule has 24 heavy (non-hydrogen) atoms. The van der Waals surface area contributed by atoms with Gasteiger partial charge in [-0.1, -0.05) is 65.8 Å². The normalized spacial score (nSPS) is 12.0. The van der Waals surface area contributed by atoms with E-state index in [1.165, 1.54) is 22.3 Å². The molecular formula is C22H28N2. The number of para-hydroxylation sites is 2. The summed E-state index contributed by atoms with van der Waals surface area (Å²) in [5.41, 5.74) is 7.63. The van der Waals surface area contributed by atoms with Crippen LogP contribution in [0.3, 0.4) is 0 Å². The van der Waals surface area contributed by atoms with E-state index in [0.717, 1.165) is 16.9 Å². The molecule has 0 saturated carbocycles. The van der Waals surface area contributed by atoms with Crippen LogP contribution in [0.15, 0.2) is 36.4 Å². The van der Waals surface area contributed by atoms with Gasteiger partial charge in [0.15, 0.2) is 0 Å². The van der Waals surface area contributed by atoms with Crippen molar-refractivity contribution in [2.45, 2.75) is 59.3 Å². The Morgan fingerprint density at radius 2 is 1.38 bits per heavy atom. The lowest BCUT2D eigenvalue weighted by atomic mass is 9.84. The Morgan fingerprint density at radius 3 is 1.88 bits per heavy atom. The van der Waals surface area contributed by atoms with Crippen LogP contribution in [-0.2, 0) is 0 Å². The van der Waals surface area contributed by atoms with Crippen molar-refractivity contribution in [3.8, 4) is 11.4 Å². The maximum atomic E-state index is 4.89. The maximum absolute atomic E-state index is 4.89. The molecule has 0 bridgehead atoms. The van der Waals surface area contributed by atoms with Crippen molar-refractivity contribution in [2.24, 2.45) is 0 Å². The number of hydrogen-bond donors (Lipinski definition) is 1. The highest BCUT2D eigenvalue weighted by Gasteiger charge is 2.20. The summed E-state index contributed by atoms with van der Waals surface area (Å²) in [5.74, 6) is 2.46. The first-order chi connectivity index (χ1) is 11.4. The predicted molar refractivity (Wildman–Crippen MR) is 104 cm³/mol. The van der Waals surface area contributed by atoms with E-state index in [-0.39, 0.29) is 0 Å². The van der Waals surface area contributed by atoms with Crippen molar-refractivity contribution < 1.29 is 0 Å². The Bertz CT molecular complexity index is 791. The summed E-state index contributed by atoms with van der Waals surface area (Å²) in [6.07, 6.45) is 0. The second-order valence-electron chi connectivity index (χ2n) is 7.64. The van der Waals surface area contributed by atoms with E-state index >= 15 is 0 Å². The molecule has 3 aromatic rings. The van der Waals surface area contributed by atoms with Crippen molar-refractivity contribution >= 4 is 11.0 Å². The first kappa shape index (κ1) is 16.8. The van der Waals surface area contributed by atoms with E-state index in [2.05, 4.69) is 76.9 Å². The van der Waals surface area contributed by atoms with Gasteiger partial charge in [-0.2, -0.15) is 0 Å². The molecule has 126 valence electrons. The molecule has 0 radical (unpaired) electrons. The summed E-state index contributed by atoms with van der Waals surface area (Å²) in [5, 5.41) is 0. The molecule has 0 amide bonds. The van der Waals surface area contributed by atoms with Gasteiger partial charge < -0.3 is 4.98 Å². The zero-order valence-corrected chi connectivity index (χ0v) is 15.6. The van der Waals surface area contributed by atoms with E-state index in [0.29, 0.717) is 17.8 Å². The lowest BCUT2D eigenvalue weighted by molar-refractivity contribution is 0.805. The van der Waals surface area contributed by atoms with Crippen molar-refractivity contribution in [3.05, 3.63) is 53.1 Å². The van der Waals surface area contributed by atoms with Gasteiger partial charge in [0, 0.05) is 5.56 Å². The van der Waals surface area contributed by atoms with E-state index in [1.54, 1.807) is 0 Å². The van der Waals surface area contributed by atoms with Gasteiger partial charge in [0.05, 0.1) is 11.0 Å². The number of benzene rings is 2. The van der Waals surface area contributed by atoms with Crippen LogP contribution in [0.2, 0.25) is 0 Å². The molecule has 0 atom stereocenters. The number of nitrogens with zero attached hydrogens (tertiary/aromatic N) is 1. The third-order valence-electron chi connectivity index (χ3n) is 4.76. The predicted octanol–water partition coefficient (Wildman–Crippen LogP) is 6.60. The second kappa shape index (κ2) is 6.43. The maximum Gasteiger partial charge on any atom is 0.139 e. The number of imidazole rings is 1. The zero-order chi connectivity index (χ0) is 17.4. The molecule has 0 fully saturated rings. The quantitative estimate of drug-likeness (QED) is 0.576. The van der Waals surface area contributed by atoms with Crippen LogP contribution < -0.4 is 0 Å². The molecule has 0 aliphatic carbocycles. The molecule has 0 saturated heterocycles. The second-order valence-corrected chi connectivity index (χ2v) is 7.64. The van der Waals surface area contributed by atoms with Gasteiger partial charge in [0.25, 0.3) is 0 Å². The Labute approximate surface area is 145 Å². The van der Waals surface area contributed by atoms with Gasteiger partial charge in [-0.15, -0.1) is 0 Å². The van der Waals surface area contributed by atoms with Gasteiger partial charge in [0.2, 0.25) is 0 Å². The Hall–Kier alpha value is -2.09. The minimum absolute atomic E-state index is 0.462. The topological polar surface area (TPSA) is 28.7 Å². The zero-order valence-electron chi connectivity index (χ0n) is 15.6. The summed E-state index contributed by atoms with van der Waals surface area (Å²) in [4.78, 5) is 8.43. The fourth-order valence-corrected chi connectivity index (χ4v) is 3.30. The monoisotopic (exact) mass is 320 g/mol. The largest absolute Gasteiger partial charge is 0.338 e. The van der Waals surface area contributed by atoms with Gasteiger partial charge in [0.1, 0.15) is 5.82 Å². The molecule has 1 heterocycles. The fraction of sp³-hybridized carbons (Fsp3) is 0.409. The number of aromatic nitrogens is 2. The smallest absolute Gasteiger partial charge is 0.139 e. The van der Waals surface area contributed by atoms with Crippen molar-refractivity contribution in [1.82, 2.24) is 9.97 Å². The summed E-state index contributed by atoms with van der Waals surface area (Å²) in [6.45, 7) is 13.6. The number of rotatable bonds is 4. The molecule has 0 unspecified atom stereocenters. The van der Waals surface area contributed by atoms with E-state index < -0.39 is 0 Å². The van der Waals surface area contributed by atoms with Gasteiger partial charge in [-0.25, -0.2) is 4.98 Å². The van der Waals surface area contributed by atoms with Crippen LogP contribution in [0.4, 0.5) is 0 Å². The van der Waals surface area contributed by atoms with Crippen LogP contribution in [0.5, 0.6) is 0 Å². The van der Waals surface area contributed by atoms with Gasteiger partial charge in [-0.3, -0.25) is 0 Å². The van der Waals surface area contributed by atoms with E-state index in [4.69, 9.17) is 4.98 Å². The molecule has 2 aromatic carbocycles. The van der Waals surface area contributed by atoms with Crippen molar-refractivity contribution in [3.63, 3.8) is 0 Å². The minimum Gasteiger partial charge on any atom is -0.338 e. The van der Waals surface area contributed by atoms with Crippen LogP contribution in [0, 0.1) is 0 Å². The Morgan fingerprint density at radius 1 is 0.792 bits per heavy atom. The highest BCUT2D eigenvalue weighted by molar-refractivity contribution is 5.81. The summed E-state index contributed by atoms with van der Waals surface area (Å²) >= 11 is 0. The lowest BCUT2D eigenvalue weighted by Crippen LogP contribution is -2.04. The number of aromatic amines is 1. The van der Waals surface area contributed by atoms with Crippen LogP contribution in [0.1, 0.15) is 76.0 Å². The Balaban J connectivity index is 2.31. The van der Waals surface area contributed by atoms with Gasteiger partial charge in [-0.05, 0) is 46.6 Å². The molecular weight excluding hydrogens is 292 g/mol. The average Bonchev–Trinajstić information content (AvgIpc) is 2.96. The first-order valence-corrected chi connectivity index (χ1v) is 9.01. The van der Waals surface area contributed by atoms with Crippen molar-refractivity contribution in [1.29, 1.82) is 0 Å². The van der Waals surface area contributed by atoms with E-state index in [9.17, 15) is 0 Å². The number of nitrogens with one attached hydrogen (secondary N) is 1. The third kappa shape index (κ3) is 2.98. The lowest BCUT2D eigenvalue weighted by Gasteiger charge is -2.21. The average molecular weight is 320 g/mol. The summed E-state index contributed by atoms with van der Waals surface area (Å²) in [7, 11) is 0. The van der Waals surface area contributed by atoms with Gasteiger partial charge >= 0.3 is 0 Å². The SMILES string of the molecule is CC(C)c1cc(C(C)C)c(-c2nc3ccccc3[nH]2)c(C(C)C)c1. The molecule has 0 spiro atoms. The number of hydrogen-bond acceptors (Lipinski definition) is 1. The third-order valence-corrected chi connectivity index (χ3v) is 4.76. The molecule has 2 heteroatoms. The fourth-order valence-electron chi connectivity index (χ4n) is 3.30. The highest BCUT2D eigenvalue weighted by Crippen LogP contribution is 2.38. The van der Waals surface area contributed by atoms with Crippen LogP contribution in [0.25, 0.3) is 22.4 Å². The molecule has 3 rings (SSSR count). The molecule has 0 aliphatic heterocycles. The first-order valence-electron chi connectivity index (χ1n) is 9.01. The summed E-state index contributed by atoms with van der Waals surface area (Å²) in [6, 6.07) is 13.0. The van der Waals surface area contributed by atoms with Crippen LogP contribution in [-0.4, -0.2) is 9.97 Å². The van der Waals surface area contributed by atoms with Crippen LogP contribution >= 0.6 is 0 Å². The number of H-pyrrole nitrogens is 1. The highest BCUT2D eigenvalue weighted by atomic mass is 14.9. The minimum atomic E-state index is 0.462. The molecule has 0 aliphatic rings. The van der Waals surface area contributed by atoms with E-state index in [1.807, 2.05) is 6.07 Å².